The summed E-state index contributed by atoms with van der Waals surface area (Å²) in [4.78, 5) is 49.9. The molecular formula is C16H18N4O5. The highest BCUT2D eigenvalue weighted by Crippen LogP contribution is 2.17. The van der Waals surface area contributed by atoms with Crippen molar-refractivity contribution in [1.82, 2.24) is 20.4 Å². The number of imide groups is 1. The molecule has 3 rings (SSSR count). The molecule has 0 radical (unpaired) electrons. The molecule has 9 nitrogen and oxygen atoms in total. The van der Waals surface area contributed by atoms with Crippen molar-refractivity contribution in [3.63, 3.8) is 0 Å². The highest BCUT2D eigenvalue weighted by atomic mass is 16.5. The van der Waals surface area contributed by atoms with E-state index in [1.165, 1.54) is 12.0 Å². The van der Waals surface area contributed by atoms with Crippen molar-refractivity contribution in [3.8, 4) is 5.75 Å². The highest BCUT2D eigenvalue weighted by Gasteiger charge is 2.42. The molecule has 0 saturated carbocycles. The van der Waals surface area contributed by atoms with Crippen molar-refractivity contribution in [2.45, 2.75) is 6.04 Å². The van der Waals surface area contributed by atoms with E-state index in [9.17, 15) is 19.2 Å². The lowest BCUT2D eigenvalue weighted by Crippen LogP contribution is -2.63. The number of hydrogen-bond acceptors (Lipinski definition) is 5. The molecule has 0 aliphatic carbocycles. The molecule has 1 aromatic carbocycles. The van der Waals surface area contributed by atoms with Crippen LogP contribution in [0.15, 0.2) is 24.3 Å². The van der Waals surface area contributed by atoms with Gasteiger partial charge in [-0.15, -0.1) is 0 Å². The quantitative estimate of drug-likeness (QED) is 0.678. The van der Waals surface area contributed by atoms with Crippen LogP contribution in [0.25, 0.3) is 0 Å². The Morgan fingerprint density at radius 3 is 2.72 bits per heavy atom. The van der Waals surface area contributed by atoms with E-state index in [0.717, 1.165) is 4.90 Å². The number of rotatable bonds is 5. The van der Waals surface area contributed by atoms with Crippen LogP contribution in [0, 0.1) is 0 Å². The van der Waals surface area contributed by atoms with Gasteiger partial charge in [-0.25, -0.2) is 4.79 Å². The van der Waals surface area contributed by atoms with Crippen molar-refractivity contribution >= 4 is 23.8 Å². The zero-order chi connectivity index (χ0) is 18.0. The fourth-order valence-corrected chi connectivity index (χ4v) is 2.76. The largest absolute Gasteiger partial charge is 0.497 e. The Balaban J connectivity index is 1.47. The molecule has 2 N–H and O–H groups in total. The molecule has 2 fully saturated rings. The van der Waals surface area contributed by atoms with E-state index in [-0.39, 0.29) is 49.9 Å². The third kappa shape index (κ3) is 3.39. The Morgan fingerprint density at radius 1 is 1.32 bits per heavy atom. The van der Waals surface area contributed by atoms with Crippen molar-refractivity contribution in [2.24, 2.45) is 0 Å². The van der Waals surface area contributed by atoms with E-state index in [1.807, 2.05) is 0 Å². The van der Waals surface area contributed by atoms with Gasteiger partial charge < -0.3 is 20.3 Å². The predicted molar refractivity (Wildman–Crippen MR) is 85.9 cm³/mol. The van der Waals surface area contributed by atoms with Gasteiger partial charge in [-0.3, -0.25) is 19.3 Å². The van der Waals surface area contributed by atoms with E-state index in [2.05, 4.69) is 10.6 Å². The first-order valence-electron chi connectivity index (χ1n) is 7.79. The summed E-state index contributed by atoms with van der Waals surface area (Å²) in [5.41, 5.74) is 0.396. The number of nitrogens with one attached hydrogen (secondary N) is 2. The second kappa shape index (κ2) is 6.80. The Morgan fingerprint density at radius 2 is 2.08 bits per heavy atom. The summed E-state index contributed by atoms with van der Waals surface area (Å²) in [5.74, 6) is -0.371. The predicted octanol–water partition coefficient (Wildman–Crippen LogP) is -0.812. The summed E-state index contributed by atoms with van der Waals surface area (Å²) < 4.78 is 5.05. The first kappa shape index (κ1) is 16.7. The van der Waals surface area contributed by atoms with Crippen LogP contribution in [0.2, 0.25) is 0 Å². The number of methoxy groups -OCH3 is 1. The monoisotopic (exact) mass is 346 g/mol. The number of benzene rings is 1. The van der Waals surface area contributed by atoms with Gasteiger partial charge in [-0.1, -0.05) is 6.07 Å². The molecule has 2 saturated heterocycles. The van der Waals surface area contributed by atoms with E-state index in [0.29, 0.717) is 11.3 Å². The van der Waals surface area contributed by atoms with Gasteiger partial charge >= 0.3 is 6.03 Å². The zero-order valence-corrected chi connectivity index (χ0v) is 13.7. The topological polar surface area (TPSA) is 108 Å². The maximum atomic E-state index is 12.1. The minimum atomic E-state index is -0.423. The number of nitrogens with zero attached hydrogens (tertiary/aromatic N) is 2. The van der Waals surface area contributed by atoms with Gasteiger partial charge in [0.05, 0.1) is 26.2 Å². The molecular weight excluding hydrogens is 328 g/mol. The highest BCUT2D eigenvalue weighted by molar-refractivity contribution is 6.02. The van der Waals surface area contributed by atoms with Crippen molar-refractivity contribution in [1.29, 1.82) is 0 Å². The number of likely N-dealkylation sites (tertiary alicyclic amines) is 1. The van der Waals surface area contributed by atoms with E-state index >= 15 is 0 Å². The fourth-order valence-electron chi connectivity index (χ4n) is 2.76. The third-order valence-corrected chi connectivity index (χ3v) is 4.19. The van der Waals surface area contributed by atoms with Crippen LogP contribution >= 0.6 is 0 Å². The SMILES string of the molecule is COc1cccc(C(=O)NCC(=O)N2CC(N3C(=O)CNC3=O)C2)c1. The average Bonchev–Trinajstić information content (AvgIpc) is 2.91. The van der Waals surface area contributed by atoms with Crippen LogP contribution in [0.1, 0.15) is 10.4 Å². The molecule has 9 heteroatoms. The molecule has 2 aliphatic heterocycles. The minimum absolute atomic E-state index is 0.000124. The van der Waals surface area contributed by atoms with Gasteiger partial charge in [0.15, 0.2) is 0 Å². The van der Waals surface area contributed by atoms with Crippen LogP contribution in [0.4, 0.5) is 4.79 Å². The summed E-state index contributed by atoms with van der Waals surface area (Å²) in [6.07, 6.45) is 0. The number of hydrogen-bond donors (Lipinski definition) is 2. The molecule has 0 atom stereocenters. The van der Waals surface area contributed by atoms with Crippen molar-refractivity contribution < 1.29 is 23.9 Å². The zero-order valence-electron chi connectivity index (χ0n) is 13.7. The number of urea groups is 1. The smallest absolute Gasteiger partial charge is 0.324 e. The maximum Gasteiger partial charge on any atom is 0.324 e. The summed E-state index contributed by atoms with van der Waals surface area (Å²) in [6.45, 7) is 0.419. The fraction of sp³-hybridized carbons (Fsp3) is 0.375. The first-order valence-corrected chi connectivity index (χ1v) is 7.79. The third-order valence-electron chi connectivity index (χ3n) is 4.19. The molecule has 132 valence electrons. The number of ether oxygens (including phenoxy) is 1. The van der Waals surface area contributed by atoms with Crippen LogP contribution in [0.3, 0.4) is 0 Å². The molecule has 2 aliphatic rings. The Labute approximate surface area is 143 Å². The Bertz CT molecular complexity index is 713. The summed E-state index contributed by atoms with van der Waals surface area (Å²) in [5, 5.41) is 5.00. The van der Waals surface area contributed by atoms with Gasteiger partial charge in [-0.2, -0.15) is 0 Å². The van der Waals surface area contributed by atoms with Gasteiger partial charge in [0.1, 0.15) is 5.75 Å². The van der Waals surface area contributed by atoms with Gasteiger partial charge in [0, 0.05) is 18.7 Å². The second-order valence-corrected chi connectivity index (χ2v) is 5.79. The average molecular weight is 346 g/mol. The molecule has 0 unspecified atom stereocenters. The van der Waals surface area contributed by atoms with Crippen LogP contribution in [0.5, 0.6) is 5.75 Å². The van der Waals surface area contributed by atoms with Gasteiger partial charge in [0.2, 0.25) is 11.8 Å². The summed E-state index contributed by atoms with van der Waals surface area (Å²) in [7, 11) is 1.51. The minimum Gasteiger partial charge on any atom is -0.497 e. The van der Waals surface area contributed by atoms with E-state index in [1.54, 1.807) is 24.3 Å². The Hall–Kier alpha value is -3.10. The molecule has 0 bridgehead atoms. The molecule has 5 amide bonds. The van der Waals surface area contributed by atoms with Gasteiger partial charge in [-0.05, 0) is 18.2 Å². The second-order valence-electron chi connectivity index (χ2n) is 5.79. The maximum absolute atomic E-state index is 12.1. The standard InChI is InChI=1S/C16H18N4O5/c1-25-12-4-2-3-10(5-12)15(23)17-6-13(21)19-8-11(9-19)20-14(22)7-18-16(20)24/h2-5,11H,6-9H2,1H3,(H,17,23)(H,18,24). The summed E-state index contributed by atoms with van der Waals surface area (Å²) >= 11 is 0. The van der Waals surface area contributed by atoms with Crippen LogP contribution < -0.4 is 15.4 Å². The molecule has 1 aromatic rings. The van der Waals surface area contributed by atoms with Crippen molar-refractivity contribution in [3.05, 3.63) is 29.8 Å². The molecule has 0 spiro atoms. The van der Waals surface area contributed by atoms with Crippen LogP contribution in [-0.2, 0) is 9.59 Å². The lowest BCUT2D eigenvalue weighted by Gasteiger charge is -2.42. The normalized spacial score (nSPS) is 17.2. The van der Waals surface area contributed by atoms with E-state index < -0.39 is 6.03 Å². The molecule has 25 heavy (non-hydrogen) atoms. The lowest BCUT2D eigenvalue weighted by molar-refractivity contribution is -0.141. The number of carbonyl (C=O) groups excluding carboxylic acids is 4. The molecule has 0 aromatic heterocycles. The summed E-state index contributed by atoms with van der Waals surface area (Å²) in [6, 6.07) is 5.89. The number of amides is 5. The van der Waals surface area contributed by atoms with E-state index in [4.69, 9.17) is 4.74 Å². The Kier molecular flexibility index (Phi) is 4.55. The molecule has 2 heterocycles. The van der Waals surface area contributed by atoms with Gasteiger partial charge in [0.25, 0.3) is 5.91 Å². The number of carbonyl (C=O) groups is 4. The lowest BCUT2D eigenvalue weighted by atomic mass is 10.1. The van der Waals surface area contributed by atoms with Crippen molar-refractivity contribution in [2.75, 3.05) is 33.3 Å². The van der Waals surface area contributed by atoms with Crippen LogP contribution in [-0.4, -0.2) is 72.9 Å². The first-order chi connectivity index (χ1) is 12.0.